The Hall–Kier alpha value is -0.970. The minimum absolute atomic E-state index is 0.0749. The first kappa shape index (κ1) is 13.0. The van der Waals surface area contributed by atoms with Crippen LogP contribution in [0.2, 0.25) is 0 Å². The Kier molecular flexibility index (Phi) is 6.92. The summed E-state index contributed by atoms with van der Waals surface area (Å²) in [5.74, 6) is 2.67. The SMILES string of the molecule is C#C[C@@H](C)N(CCCCCC)C(C)=O. The largest absolute Gasteiger partial charge is 0.329 e. The number of carbonyl (C=O) groups excluding carboxylic acids is 1. The van der Waals surface area contributed by atoms with Crippen molar-refractivity contribution in [2.75, 3.05) is 6.54 Å². The molecule has 0 fully saturated rings. The molecule has 2 nitrogen and oxygen atoms in total. The van der Waals surface area contributed by atoms with Crippen molar-refractivity contribution in [3.05, 3.63) is 0 Å². The van der Waals surface area contributed by atoms with Crippen molar-refractivity contribution in [3.63, 3.8) is 0 Å². The lowest BCUT2D eigenvalue weighted by molar-refractivity contribution is -0.129. The summed E-state index contributed by atoms with van der Waals surface area (Å²) >= 11 is 0. The maximum Gasteiger partial charge on any atom is 0.220 e. The molecule has 0 saturated carbocycles. The maximum atomic E-state index is 11.2. The third-order valence-corrected chi connectivity index (χ3v) is 2.37. The van der Waals surface area contributed by atoms with E-state index in [9.17, 15) is 4.79 Å². The molecule has 0 radical (unpaired) electrons. The van der Waals surface area contributed by atoms with Gasteiger partial charge in [-0.3, -0.25) is 4.79 Å². The van der Waals surface area contributed by atoms with Crippen molar-refractivity contribution in [1.82, 2.24) is 4.90 Å². The molecule has 0 heterocycles. The van der Waals surface area contributed by atoms with Crippen LogP contribution in [0.5, 0.6) is 0 Å². The van der Waals surface area contributed by atoms with Gasteiger partial charge in [-0.25, -0.2) is 0 Å². The van der Waals surface area contributed by atoms with E-state index in [-0.39, 0.29) is 11.9 Å². The fraction of sp³-hybridized carbons (Fsp3) is 0.750. The van der Waals surface area contributed by atoms with E-state index < -0.39 is 0 Å². The van der Waals surface area contributed by atoms with Gasteiger partial charge in [0.15, 0.2) is 0 Å². The molecule has 0 aromatic rings. The Balaban J connectivity index is 3.88. The van der Waals surface area contributed by atoms with Crippen molar-refractivity contribution < 1.29 is 4.79 Å². The molecule has 1 atom stereocenters. The standard InChI is InChI=1S/C12H21NO/c1-5-7-8-9-10-13(12(4)14)11(3)6-2/h2,11H,5,7-10H2,1,3-4H3/t11-/m1/s1. The molecular weight excluding hydrogens is 174 g/mol. The molecule has 0 spiro atoms. The van der Waals surface area contributed by atoms with Gasteiger partial charge < -0.3 is 4.90 Å². The molecule has 0 aliphatic carbocycles. The Morgan fingerprint density at radius 3 is 2.50 bits per heavy atom. The number of nitrogens with zero attached hydrogens (tertiary/aromatic N) is 1. The lowest BCUT2D eigenvalue weighted by Gasteiger charge is -2.24. The van der Waals surface area contributed by atoms with Crippen LogP contribution in [0.4, 0.5) is 0 Å². The smallest absolute Gasteiger partial charge is 0.220 e. The van der Waals surface area contributed by atoms with Crippen LogP contribution < -0.4 is 0 Å². The van der Waals surface area contributed by atoms with E-state index in [4.69, 9.17) is 6.42 Å². The van der Waals surface area contributed by atoms with Gasteiger partial charge in [0.1, 0.15) is 0 Å². The lowest BCUT2D eigenvalue weighted by Crippen LogP contribution is -2.36. The average Bonchev–Trinajstić information content (AvgIpc) is 2.16. The van der Waals surface area contributed by atoms with Gasteiger partial charge in [-0.1, -0.05) is 32.1 Å². The summed E-state index contributed by atoms with van der Waals surface area (Å²) in [6, 6.07) is -0.0749. The lowest BCUT2D eigenvalue weighted by atomic mass is 10.2. The summed E-state index contributed by atoms with van der Waals surface area (Å²) < 4.78 is 0. The highest BCUT2D eigenvalue weighted by Crippen LogP contribution is 2.05. The molecule has 80 valence electrons. The molecule has 0 unspecified atom stereocenters. The Labute approximate surface area is 87.7 Å². The number of amides is 1. The van der Waals surface area contributed by atoms with Gasteiger partial charge in [-0.15, -0.1) is 6.42 Å². The van der Waals surface area contributed by atoms with Crippen molar-refractivity contribution >= 4 is 5.91 Å². The van der Waals surface area contributed by atoms with E-state index in [0.717, 1.165) is 13.0 Å². The fourth-order valence-electron chi connectivity index (χ4n) is 1.42. The third kappa shape index (κ3) is 4.91. The maximum absolute atomic E-state index is 11.2. The molecule has 0 aliphatic rings. The molecule has 0 bridgehead atoms. The molecule has 14 heavy (non-hydrogen) atoms. The van der Waals surface area contributed by atoms with Crippen LogP contribution in [0.3, 0.4) is 0 Å². The molecule has 0 aliphatic heterocycles. The van der Waals surface area contributed by atoms with Crippen molar-refractivity contribution in [2.45, 2.75) is 52.5 Å². The first-order chi connectivity index (χ1) is 6.63. The van der Waals surface area contributed by atoms with Gasteiger partial charge in [0.05, 0.1) is 6.04 Å². The highest BCUT2D eigenvalue weighted by Gasteiger charge is 2.13. The van der Waals surface area contributed by atoms with Gasteiger partial charge in [-0.2, -0.15) is 0 Å². The number of carbonyl (C=O) groups is 1. The summed E-state index contributed by atoms with van der Waals surface area (Å²) in [4.78, 5) is 13.0. The van der Waals surface area contributed by atoms with Crippen LogP contribution in [0.1, 0.15) is 46.5 Å². The molecule has 0 aromatic heterocycles. The monoisotopic (exact) mass is 195 g/mol. The van der Waals surface area contributed by atoms with E-state index in [1.165, 1.54) is 19.3 Å². The van der Waals surface area contributed by atoms with E-state index in [1.807, 2.05) is 6.92 Å². The zero-order valence-electron chi connectivity index (χ0n) is 9.55. The summed E-state index contributed by atoms with van der Waals surface area (Å²) in [5.41, 5.74) is 0. The molecule has 0 aromatic carbocycles. The van der Waals surface area contributed by atoms with Gasteiger partial charge in [0.2, 0.25) is 5.91 Å². The van der Waals surface area contributed by atoms with Crippen LogP contribution in [0.25, 0.3) is 0 Å². The molecule has 0 saturated heterocycles. The van der Waals surface area contributed by atoms with Crippen LogP contribution in [-0.4, -0.2) is 23.4 Å². The molecule has 0 rings (SSSR count). The minimum Gasteiger partial charge on any atom is -0.329 e. The molecule has 0 N–H and O–H groups in total. The number of unbranched alkanes of at least 4 members (excludes halogenated alkanes) is 3. The Bertz CT molecular complexity index is 205. The second-order valence-corrected chi connectivity index (χ2v) is 3.62. The van der Waals surface area contributed by atoms with Crippen LogP contribution in [0.15, 0.2) is 0 Å². The summed E-state index contributed by atoms with van der Waals surface area (Å²) in [6.07, 6.45) is 9.98. The van der Waals surface area contributed by atoms with Crippen LogP contribution in [-0.2, 0) is 4.79 Å². The average molecular weight is 195 g/mol. The van der Waals surface area contributed by atoms with Gasteiger partial charge >= 0.3 is 0 Å². The minimum atomic E-state index is -0.0749. The highest BCUT2D eigenvalue weighted by atomic mass is 16.2. The number of hydrogen-bond donors (Lipinski definition) is 0. The van der Waals surface area contributed by atoms with E-state index >= 15 is 0 Å². The highest BCUT2D eigenvalue weighted by molar-refractivity contribution is 5.73. The van der Waals surface area contributed by atoms with Crippen molar-refractivity contribution in [3.8, 4) is 12.3 Å². The first-order valence-corrected chi connectivity index (χ1v) is 5.36. The topological polar surface area (TPSA) is 20.3 Å². The zero-order valence-corrected chi connectivity index (χ0v) is 9.55. The summed E-state index contributed by atoms with van der Waals surface area (Å²) in [6.45, 7) is 6.43. The van der Waals surface area contributed by atoms with Gasteiger partial charge in [-0.05, 0) is 13.3 Å². The normalized spacial score (nSPS) is 11.9. The Morgan fingerprint density at radius 2 is 2.07 bits per heavy atom. The van der Waals surface area contributed by atoms with Gasteiger partial charge in [0.25, 0.3) is 0 Å². The second-order valence-electron chi connectivity index (χ2n) is 3.62. The van der Waals surface area contributed by atoms with Crippen molar-refractivity contribution in [1.29, 1.82) is 0 Å². The predicted molar refractivity (Wildman–Crippen MR) is 59.8 cm³/mol. The quantitative estimate of drug-likeness (QED) is 0.471. The molecule has 2 heteroatoms. The van der Waals surface area contributed by atoms with Gasteiger partial charge in [0, 0.05) is 13.5 Å². The predicted octanol–water partition coefficient (Wildman–Crippen LogP) is 2.44. The molecular formula is C12H21NO. The Morgan fingerprint density at radius 1 is 1.43 bits per heavy atom. The second kappa shape index (κ2) is 7.44. The summed E-state index contributed by atoms with van der Waals surface area (Å²) in [7, 11) is 0. The third-order valence-electron chi connectivity index (χ3n) is 2.37. The van der Waals surface area contributed by atoms with E-state index in [0.29, 0.717) is 0 Å². The van der Waals surface area contributed by atoms with Crippen LogP contribution in [0, 0.1) is 12.3 Å². The van der Waals surface area contributed by atoms with Crippen LogP contribution >= 0.6 is 0 Å². The summed E-state index contributed by atoms with van der Waals surface area (Å²) in [5, 5.41) is 0. The fourth-order valence-corrected chi connectivity index (χ4v) is 1.42. The zero-order chi connectivity index (χ0) is 11.0. The first-order valence-electron chi connectivity index (χ1n) is 5.36. The number of terminal acetylenes is 1. The van der Waals surface area contributed by atoms with E-state index in [1.54, 1.807) is 11.8 Å². The number of hydrogen-bond acceptors (Lipinski definition) is 1. The van der Waals surface area contributed by atoms with E-state index in [2.05, 4.69) is 12.8 Å². The van der Waals surface area contributed by atoms with Crippen molar-refractivity contribution in [2.24, 2.45) is 0 Å². The molecule has 1 amide bonds. The number of rotatable bonds is 6.